The topological polar surface area (TPSA) is 66.3 Å². The van der Waals surface area contributed by atoms with Crippen molar-refractivity contribution in [1.82, 2.24) is 9.97 Å². The molecule has 15 heavy (non-hydrogen) atoms. The molecular weight excluding hydrogens is 201 g/mol. The minimum Gasteiger partial charge on any atom is -0.481 e. The molecular formula is C9H10FN3O2. The lowest BCUT2D eigenvalue weighted by Gasteiger charge is -2.15. The molecule has 2 rings (SSSR count). The van der Waals surface area contributed by atoms with Crippen LogP contribution in [0.15, 0.2) is 12.4 Å². The van der Waals surface area contributed by atoms with E-state index in [9.17, 15) is 9.18 Å². The summed E-state index contributed by atoms with van der Waals surface area (Å²) < 4.78 is 12.8. The van der Waals surface area contributed by atoms with E-state index in [0.717, 1.165) is 6.20 Å². The number of nitrogens with zero attached hydrogens (tertiary/aromatic N) is 3. The first-order valence-corrected chi connectivity index (χ1v) is 4.62. The zero-order valence-corrected chi connectivity index (χ0v) is 7.93. The normalized spacial score (nSPS) is 20.6. The molecule has 0 aromatic carbocycles. The number of halogens is 1. The van der Waals surface area contributed by atoms with Gasteiger partial charge in [0.25, 0.3) is 0 Å². The molecule has 5 nitrogen and oxygen atoms in total. The van der Waals surface area contributed by atoms with E-state index in [2.05, 4.69) is 9.97 Å². The molecule has 2 heterocycles. The summed E-state index contributed by atoms with van der Waals surface area (Å²) in [5.74, 6) is -1.46. The van der Waals surface area contributed by atoms with E-state index in [-0.39, 0.29) is 0 Å². The maximum atomic E-state index is 12.8. The number of aliphatic carboxylic acids is 1. The Morgan fingerprint density at radius 3 is 3.00 bits per heavy atom. The average Bonchev–Trinajstić information content (AvgIpc) is 2.66. The second-order valence-corrected chi connectivity index (χ2v) is 3.47. The molecule has 1 atom stereocenters. The predicted molar refractivity (Wildman–Crippen MR) is 49.9 cm³/mol. The highest BCUT2D eigenvalue weighted by Gasteiger charge is 2.28. The van der Waals surface area contributed by atoms with E-state index in [1.807, 2.05) is 0 Å². The largest absolute Gasteiger partial charge is 0.481 e. The summed E-state index contributed by atoms with van der Waals surface area (Å²) in [4.78, 5) is 19.8. The quantitative estimate of drug-likeness (QED) is 0.772. The Morgan fingerprint density at radius 2 is 2.40 bits per heavy atom. The van der Waals surface area contributed by atoms with Crippen molar-refractivity contribution in [3.8, 4) is 0 Å². The first-order valence-electron chi connectivity index (χ1n) is 4.62. The first kappa shape index (κ1) is 9.82. The molecule has 0 radical (unpaired) electrons. The molecule has 1 aromatic rings. The van der Waals surface area contributed by atoms with Crippen LogP contribution < -0.4 is 4.90 Å². The van der Waals surface area contributed by atoms with Gasteiger partial charge in [0.2, 0.25) is 5.95 Å². The van der Waals surface area contributed by atoms with E-state index in [1.54, 1.807) is 4.90 Å². The van der Waals surface area contributed by atoms with Gasteiger partial charge in [-0.05, 0) is 6.42 Å². The monoisotopic (exact) mass is 211 g/mol. The van der Waals surface area contributed by atoms with Crippen molar-refractivity contribution in [1.29, 1.82) is 0 Å². The summed E-state index contributed by atoms with van der Waals surface area (Å²) in [5.41, 5.74) is 0. The van der Waals surface area contributed by atoms with Gasteiger partial charge in [0.05, 0.1) is 18.3 Å². The highest BCUT2D eigenvalue weighted by atomic mass is 19.1. The average molecular weight is 211 g/mol. The van der Waals surface area contributed by atoms with Gasteiger partial charge in [-0.15, -0.1) is 0 Å². The zero-order chi connectivity index (χ0) is 10.8. The highest BCUT2D eigenvalue weighted by Crippen LogP contribution is 2.21. The van der Waals surface area contributed by atoms with Crippen LogP contribution in [-0.2, 0) is 4.79 Å². The van der Waals surface area contributed by atoms with Crippen LogP contribution in [0.5, 0.6) is 0 Å². The van der Waals surface area contributed by atoms with Crippen molar-refractivity contribution in [2.24, 2.45) is 5.92 Å². The van der Waals surface area contributed by atoms with Crippen LogP contribution in [0.3, 0.4) is 0 Å². The van der Waals surface area contributed by atoms with Crippen LogP contribution >= 0.6 is 0 Å². The van der Waals surface area contributed by atoms with Crippen molar-refractivity contribution < 1.29 is 14.3 Å². The maximum absolute atomic E-state index is 12.8. The van der Waals surface area contributed by atoms with Gasteiger partial charge in [-0.3, -0.25) is 9.78 Å². The Morgan fingerprint density at radius 1 is 1.60 bits per heavy atom. The lowest BCUT2D eigenvalue weighted by Crippen LogP contribution is -2.23. The van der Waals surface area contributed by atoms with Gasteiger partial charge in [-0.25, -0.2) is 0 Å². The smallest absolute Gasteiger partial charge is 0.308 e. The Bertz CT molecular complexity index is 385. The van der Waals surface area contributed by atoms with Gasteiger partial charge in [-0.2, -0.15) is 9.37 Å². The van der Waals surface area contributed by atoms with Gasteiger partial charge in [0.15, 0.2) is 0 Å². The Labute approximate surface area is 85.6 Å². The van der Waals surface area contributed by atoms with Crippen LogP contribution in [0.4, 0.5) is 10.2 Å². The molecule has 0 aliphatic carbocycles. The molecule has 80 valence electrons. The van der Waals surface area contributed by atoms with E-state index >= 15 is 0 Å². The number of rotatable bonds is 2. The number of anilines is 1. The highest BCUT2D eigenvalue weighted by molar-refractivity contribution is 5.71. The fourth-order valence-corrected chi connectivity index (χ4v) is 1.65. The molecule has 1 fully saturated rings. The van der Waals surface area contributed by atoms with E-state index in [1.165, 1.54) is 6.20 Å². The summed E-state index contributed by atoms with van der Waals surface area (Å²) in [6, 6.07) is 0. The lowest BCUT2D eigenvalue weighted by molar-refractivity contribution is -0.140. The summed E-state index contributed by atoms with van der Waals surface area (Å²) in [6.07, 6.45) is 3.02. The summed E-state index contributed by atoms with van der Waals surface area (Å²) >= 11 is 0. The van der Waals surface area contributed by atoms with E-state index < -0.39 is 17.8 Å². The number of carboxylic acids is 1. The Hall–Kier alpha value is -1.72. The SMILES string of the molecule is O=C(O)C1CCN(c2cncc(F)n2)C1. The van der Waals surface area contributed by atoms with Gasteiger partial charge in [-0.1, -0.05) is 0 Å². The molecule has 1 aliphatic rings. The molecule has 1 unspecified atom stereocenters. The molecule has 1 N–H and O–H groups in total. The second-order valence-electron chi connectivity index (χ2n) is 3.47. The molecule has 1 aromatic heterocycles. The van der Waals surface area contributed by atoms with Crippen molar-refractivity contribution in [3.63, 3.8) is 0 Å². The molecule has 0 saturated carbocycles. The number of hydrogen-bond donors (Lipinski definition) is 1. The van der Waals surface area contributed by atoms with Crippen LogP contribution in [0.2, 0.25) is 0 Å². The van der Waals surface area contributed by atoms with Gasteiger partial charge < -0.3 is 10.0 Å². The van der Waals surface area contributed by atoms with Crippen LogP contribution in [0, 0.1) is 11.9 Å². The van der Waals surface area contributed by atoms with Crippen molar-refractivity contribution >= 4 is 11.8 Å². The van der Waals surface area contributed by atoms with Crippen LogP contribution in [0.1, 0.15) is 6.42 Å². The fourth-order valence-electron chi connectivity index (χ4n) is 1.65. The number of carbonyl (C=O) groups is 1. The predicted octanol–water partition coefficient (Wildman–Crippen LogP) is 0.527. The van der Waals surface area contributed by atoms with Crippen molar-refractivity contribution in [3.05, 3.63) is 18.3 Å². The van der Waals surface area contributed by atoms with Crippen LogP contribution in [0.25, 0.3) is 0 Å². The molecule has 1 aliphatic heterocycles. The van der Waals surface area contributed by atoms with Gasteiger partial charge in [0, 0.05) is 13.1 Å². The molecule has 0 amide bonds. The zero-order valence-electron chi connectivity index (χ0n) is 7.93. The summed E-state index contributed by atoms with van der Waals surface area (Å²) in [5, 5.41) is 8.80. The molecule has 0 bridgehead atoms. The maximum Gasteiger partial charge on any atom is 0.308 e. The minimum atomic E-state index is -0.818. The third kappa shape index (κ3) is 2.03. The van der Waals surface area contributed by atoms with Gasteiger partial charge in [0.1, 0.15) is 5.82 Å². The number of hydrogen-bond acceptors (Lipinski definition) is 4. The number of aromatic nitrogens is 2. The van der Waals surface area contributed by atoms with E-state index in [4.69, 9.17) is 5.11 Å². The second kappa shape index (κ2) is 3.80. The molecule has 0 spiro atoms. The lowest BCUT2D eigenvalue weighted by atomic mass is 10.1. The Kier molecular flexibility index (Phi) is 2.49. The summed E-state index contributed by atoms with van der Waals surface area (Å²) in [7, 11) is 0. The minimum absolute atomic E-state index is 0.369. The number of carboxylic acid groups (broad SMARTS) is 1. The van der Waals surface area contributed by atoms with Crippen molar-refractivity contribution in [2.45, 2.75) is 6.42 Å². The van der Waals surface area contributed by atoms with E-state index in [0.29, 0.717) is 25.3 Å². The standard InChI is InChI=1S/C9H10FN3O2/c10-7-3-11-4-8(12-7)13-2-1-6(5-13)9(14)15/h3-4,6H,1-2,5H2,(H,14,15). The molecule has 1 saturated heterocycles. The summed E-state index contributed by atoms with van der Waals surface area (Å²) in [6.45, 7) is 0.947. The van der Waals surface area contributed by atoms with Crippen LogP contribution in [-0.4, -0.2) is 34.1 Å². The fraction of sp³-hybridized carbons (Fsp3) is 0.444. The third-order valence-corrected chi connectivity index (χ3v) is 2.45. The first-order chi connectivity index (χ1) is 7.16. The Balaban J connectivity index is 2.11. The van der Waals surface area contributed by atoms with Gasteiger partial charge >= 0.3 is 5.97 Å². The van der Waals surface area contributed by atoms with Crippen molar-refractivity contribution in [2.75, 3.05) is 18.0 Å². The third-order valence-electron chi connectivity index (χ3n) is 2.45. The molecule has 6 heteroatoms.